The first-order valence-electron chi connectivity index (χ1n) is 10.1. The number of H-pyrrole nitrogens is 1. The third-order valence-electron chi connectivity index (χ3n) is 5.16. The molecule has 1 saturated heterocycles. The van der Waals surface area contributed by atoms with Crippen molar-refractivity contribution in [1.82, 2.24) is 25.2 Å². The van der Waals surface area contributed by atoms with Crippen LogP contribution in [0.15, 0.2) is 35.3 Å². The van der Waals surface area contributed by atoms with E-state index in [4.69, 9.17) is 22.1 Å². The molecule has 168 valence electrons. The van der Waals surface area contributed by atoms with Crippen LogP contribution >= 0.6 is 11.6 Å². The molecule has 4 rings (SSSR count). The van der Waals surface area contributed by atoms with Crippen molar-refractivity contribution in [1.29, 1.82) is 0 Å². The second-order valence-electron chi connectivity index (χ2n) is 7.52. The fourth-order valence-corrected chi connectivity index (χ4v) is 3.67. The zero-order valence-electron chi connectivity index (χ0n) is 17.1. The number of rotatable bonds is 7. The molecule has 11 heteroatoms. The number of nitrogens with zero attached hydrogens (tertiary/aromatic N) is 3. The maximum Gasteiger partial charge on any atom is 0.258 e. The number of hydrogen-bond donors (Lipinski definition) is 3. The van der Waals surface area contributed by atoms with Crippen LogP contribution in [-0.4, -0.2) is 51.4 Å². The highest BCUT2D eigenvalue weighted by Crippen LogP contribution is 2.21. The number of carbonyl (C=O) groups is 1. The van der Waals surface area contributed by atoms with Gasteiger partial charge in [-0.25, -0.2) is 9.37 Å². The molecule has 0 unspecified atom stereocenters. The van der Waals surface area contributed by atoms with Gasteiger partial charge in [-0.2, -0.15) is 0 Å². The van der Waals surface area contributed by atoms with Gasteiger partial charge in [0.05, 0.1) is 22.6 Å². The van der Waals surface area contributed by atoms with Gasteiger partial charge in [-0.3, -0.25) is 14.6 Å². The molecule has 0 aliphatic carbocycles. The Balaban J connectivity index is 1.46. The Morgan fingerprint density at radius 1 is 1.41 bits per heavy atom. The summed E-state index contributed by atoms with van der Waals surface area (Å²) in [5, 5.41) is 3.38. The van der Waals surface area contributed by atoms with Gasteiger partial charge in [0.25, 0.3) is 5.56 Å². The first kappa shape index (κ1) is 22.1. The fraction of sp³-hybridized carbons (Fsp3) is 0.333. The number of carbonyl (C=O) groups excluding carboxylic acids is 1. The predicted molar refractivity (Wildman–Crippen MR) is 117 cm³/mol. The molecule has 0 spiro atoms. The summed E-state index contributed by atoms with van der Waals surface area (Å²) in [6, 6.07) is 5.57. The summed E-state index contributed by atoms with van der Waals surface area (Å²) in [5.74, 6) is 0.0354. The number of hydrogen-bond acceptors (Lipinski definition) is 7. The van der Waals surface area contributed by atoms with E-state index in [1.165, 1.54) is 24.4 Å². The van der Waals surface area contributed by atoms with Gasteiger partial charge in [0.15, 0.2) is 0 Å². The lowest BCUT2D eigenvalue weighted by Gasteiger charge is -2.16. The van der Waals surface area contributed by atoms with Crippen LogP contribution in [0.1, 0.15) is 17.9 Å². The fourth-order valence-electron chi connectivity index (χ4n) is 3.50. The number of amides is 1. The summed E-state index contributed by atoms with van der Waals surface area (Å²) in [6.45, 7) is 1.56. The summed E-state index contributed by atoms with van der Waals surface area (Å²) in [6.07, 6.45) is 2.33. The normalized spacial score (nSPS) is 16.0. The molecule has 9 nitrogen and oxygen atoms in total. The molecule has 1 aromatic carbocycles. The minimum Gasteiger partial charge on any atom is -0.486 e. The first-order chi connectivity index (χ1) is 15.4. The van der Waals surface area contributed by atoms with Crippen LogP contribution in [-0.2, 0) is 17.9 Å². The van der Waals surface area contributed by atoms with Gasteiger partial charge >= 0.3 is 0 Å². The Morgan fingerprint density at radius 2 is 2.25 bits per heavy atom. The molecule has 32 heavy (non-hydrogen) atoms. The predicted octanol–water partition coefficient (Wildman–Crippen LogP) is 1.34. The average molecular weight is 461 g/mol. The van der Waals surface area contributed by atoms with E-state index < -0.39 is 5.82 Å². The van der Waals surface area contributed by atoms with Crippen LogP contribution in [0, 0.1) is 5.82 Å². The highest BCUT2D eigenvalue weighted by Gasteiger charge is 2.23. The van der Waals surface area contributed by atoms with Crippen LogP contribution < -0.4 is 21.3 Å². The van der Waals surface area contributed by atoms with Gasteiger partial charge in [0, 0.05) is 37.9 Å². The highest BCUT2D eigenvalue weighted by atomic mass is 35.5. The molecule has 1 atom stereocenters. The SMILES string of the molecule is N[C@@H]1CCN(C(=O)CNCc2nccc3c(=O)[nH]c(COc4ccc(F)c(Cl)c4)nc23)C1. The lowest BCUT2D eigenvalue weighted by Crippen LogP contribution is -2.38. The topological polar surface area (TPSA) is 126 Å². The number of halogens is 2. The number of pyridine rings is 1. The van der Waals surface area contributed by atoms with Crippen molar-refractivity contribution in [3.8, 4) is 5.75 Å². The highest BCUT2D eigenvalue weighted by molar-refractivity contribution is 6.30. The first-order valence-corrected chi connectivity index (χ1v) is 10.5. The van der Waals surface area contributed by atoms with Crippen molar-refractivity contribution in [2.45, 2.75) is 25.6 Å². The van der Waals surface area contributed by atoms with Crippen molar-refractivity contribution in [2.24, 2.45) is 5.73 Å². The lowest BCUT2D eigenvalue weighted by molar-refractivity contribution is -0.129. The average Bonchev–Trinajstić information content (AvgIpc) is 3.21. The number of likely N-dealkylation sites (tertiary alicyclic amines) is 1. The third kappa shape index (κ3) is 5.04. The van der Waals surface area contributed by atoms with Crippen LogP contribution in [0.4, 0.5) is 4.39 Å². The second kappa shape index (κ2) is 9.60. The van der Waals surface area contributed by atoms with Gasteiger partial charge in [0.1, 0.15) is 29.5 Å². The van der Waals surface area contributed by atoms with Crippen molar-refractivity contribution >= 4 is 28.4 Å². The molecule has 2 aromatic heterocycles. The molecular formula is C21H22ClFN6O3. The van der Waals surface area contributed by atoms with Crippen molar-refractivity contribution < 1.29 is 13.9 Å². The number of aromatic nitrogens is 3. The number of aromatic amines is 1. The quantitative estimate of drug-likeness (QED) is 0.485. The number of nitrogens with two attached hydrogens (primary N) is 1. The van der Waals surface area contributed by atoms with E-state index >= 15 is 0 Å². The largest absolute Gasteiger partial charge is 0.486 e. The van der Waals surface area contributed by atoms with E-state index in [0.717, 1.165) is 6.42 Å². The maximum absolute atomic E-state index is 13.3. The molecule has 4 N–H and O–H groups in total. The summed E-state index contributed by atoms with van der Waals surface area (Å²) < 4.78 is 18.9. The van der Waals surface area contributed by atoms with Gasteiger partial charge in [-0.05, 0) is 24.6 Å². The molecule has 0 radical (unpaired) electrons. The second-order valence-corrected chi connectivity index (χ2v) is 7.93. The maximum atomic E-state index is 13.3. The number of fused-ring (bicyclic) bond motifs is 1. The van der Waals surface area contributed by atoms with Gasteiger partial charge in [0.2, 0.25) is 5.91 Å². The smallest absolute Gasteiger partial charge is 0.258 e. The number of benzene rings is 1. The summed E-state index contributed by atoms with van der Waals surface area (Å²) in [5.41, 5.74) is 6.46. The van der Waals surface area contributed by atoms with Crippen LogP contribution in [0.25, 0.3) is 10.9 Å². The van der Waals surface area contributed by atoms with Gasteiger partial charge < -0.3 is 25.7 Å². The Labute approximate surface area is 187 Å². The molecule has 1 amide bonds. The standard InChI is InChI=1S/C21H22ClFN6O3/c22-15-7-13(1-2-16(15)23)32-11-18-27-20-14(21(31)28-18)3-5-26-17(20)8-25-9-19(30)29-6-4-12(24)10-29/h1-3,5,7,12,25H,4,6,8-11,24H2,(H,27,28,31)/t12-/m1/s1. The van der Waals surface area contributed by atoms with Crippen LogP contribution in [0.3, 0.4) is 0 Å². The van der Waals surface area contributed by atoms with Crippen LogP contribution in [0.5, 0.6) is 5.75 Å². The Bertz CT molecular complexity index is 1200. The van der Waals surface area contributed by atoms with Gasteiger partial charge in [-0.1, -0.05) is 11.6 Å². The summed E-state index contributed by atoms with van der Waals surface area (Å²) in [4.78, 5) is 38.0. The lowest BCUT2D eigenvalue weighted by atomic mass is 10.2. The van der Waals surface area contributed by atoms with Gasteiger partial charge in [-0.15, -0.1) is 0 Å². The summed E-state index contributed by atoms with van der Waals surface area (Å²) >= 11 is 5.76. The van der Waals surface area contributed by atoms with E-state index in [1.54, 1.807) is 11.0 Å². The molecule has 0 saturated carbocycles. The Morgan fingerprint density at radius 3 is 3.00 bits per heavy atom. The zero-order valence-corrected chi connectivity index (χ0v) is 17.9. The molecule has 0 bridgehead atoms. The van der Waals surface area contributed by atoms with Crippen LogP contribution in [0.2, 0.25) is 5.02 Å². The Kier molecular flexibility index (Phi) is 6.63. The molecule has 1 aliphatic heterocycles. The third-order valence-corrected chi connectivity index (χ3v) is 5.45. The molecule has 3 aromatic rings. The molecule has 1 aliphatic rings. The monoisotopic (exact) mass is 460 g/mol. The van der Waals surface area contributed by atoms with E-state index in [1.807, 2.05) is 0 Å². The van der Waals surface area contributed by atoms with Crippen molar-refractivity contribution in [3.63, 3.8) is 0 Å². The van der Waals surface area contributed by atoms with E-state index in [9.17, 15) is 14.0 Å². The minimum atomic E-state index is -0.550. The van der Waals surface area contributed by atoms with E-state index in [-0.39, 0.29) is 48.1 Å². The minimum absolute atomic E-state index is 0.0289. The number of nitrogens with one attached hydrogen (secondary N) is 2. The summed E-state index contributed by atoms with van der Waals surface area (Å²) in [7, 11) is 0. The van der Waals surface area contributed by atoms with E-state index in [2.05, 4.69) is 20.3 Å². The molecular weight excluding hydrogens is 439 g/mol. The number of ether oxygens (including phenoxy) is 1. The van der Waals surface area contributed by atoms with Crippen molar-refractivity contribution in [3.05, 3.63) is 63.2 Å². The van der Waals surface area contributed by atoms with E-state index in [0.29, 0.717) is 35.4 Å². The Hall–Kier alpha value is -3.08. The molecule has 3 heterocycles. The molecule has 1 fully saturated rings. The zero-order chi connectivity index (χ0) is 22.7. The van der Waals surface area contributed by atoms with Crippen molar-refractivity contribution in [2.75, 3.05) is 19.6 Å².